The van der Waals surface area contributed by atoms with E-state index in [0.717, 1.165) is 12.8 Å². The topological polar surface area (TPSA) is 21.7 Å². The molecule has 1 heterocycles. The molecule has 1 rings (SSSR count). The second-order valence-electron chi connectivity index (χ2n) is 6.26. The van der Waals surface area contributed by atoms with Gasteiger partial charge < -0.3 is 4.43 Å². The highest BCUT2D eigenvalue weighted by atomic mass is 28.4. The predicted molar refractivity (Wildman–Crippen MR) is 69.6 cm³/mol. The molecule has 0 aromatic carbocycles. The maximum atomic E-state index is 6.24. The van der Waals surface area contributed by atoms with Crippen LogP contribution in [0.4, 0.5) is 0 Å². The van der Waals surface area contributed by atoms with Crippen molar-refractivity contribution in [2.45, 2.75) is 71.0 Å². The van der Waals surface area contributed by atoms with Crippen molar-refractivity contribution in [2.24, 2.45) is 0 Å². The van der Waals surface area contributed by atoms with E-state index in [1.54, 1.807) is 0 Å². The number of hydroxylamine groups is 2. The molecule has 0 radical (unpaired) electrons. The summed E-state index contributed by atoms with van der Waals surface area (Å²) in [7, 11) is 0.310. The van der Waals surface area contributed by atoms with Crippen molar-refractivity contribution in [3.05, 3.63) is 0 Å². The maximum Gasteiger partial charge on any atom is 0.195 e. The van der Waals surface area contributed by atoms with Crippen LogP contribution in [0.25, 0.3) is 0 Å². The van der Waals surface area contributed by atoms with Crippen molar-refractivity contribution in [3.63, 3.8) is 0 Å². The first-order valence-electron chi connectivity index (χ1n) is 6.25. The first kappa shape index (κ1) is 14.2. The van der Waals surface area contributed by atoms with Crippen LogP contribution in [0.15, 0.2) is 0 Å². The van der Waals surface area contributed by atoms with Gasteiger partial charge in [0, 0.05) is 19.5 Å². The maximum absolute atomic E-state index is 6.24. The van der Waals surface area contributed by atoms with Gasteiger partial charge in [-0.25, -0.2) is 0 Å². The Kier molecular flexibility index (Phi) is 4.22. The zero-order chi connectivity index (χ0) is 12.6. The lowest BCUT2D eigenvalue weighted by Crippen LogP contribution is -2.44. The first-order chi connectivity index (χ1) is 7.17. The minimum absolute atomic E-state index is 0.0316. The summed E-state index contributed by atoms with van der Waals surface area (Å²) in [6, 6.07) is 0.509. The molecule has 0 amide bonds. The van der Waals surface area contributed by atoms with Crippen molar-refractivity contribution < 1.29 is 9.26 Å². The fourth-order valence-corrected chi connectivity index (χ4v) is 2.83. The van der Waals surface area contributed by atoms with Gasteiger partial charge in [0.25, 0.3) is 0 Å². The summed E-state index contributed by atoms with van der Waals surface area (Å²) in [4.78, 5) is 5.74. The molecule has 1 saturated heterocycles. The second-order valence-corrected chi connectivity index (χ2v) is 11.0. The number of rotatable bonds is 3. The predicted octanol–water partition coefficient (Wildman–Crippen LogP) is 3.38. The number of nitrogens with zero attached hydrogens (tertiary/aromatic N) is 1. The highest BCUT2D eigenvalue weighted by Gasteiger charge is 2.42. The zero-order valence-electron chi connectivity index (χ0n) is 11.8. The SMILES string of the molecule is CC[C@H]1C[C@@H](O[Si](C)(C)C(C)(C)C)ON1C. The van der Waals surface area contributed by atoms with Gasteiger partial charge in [0.05, 0.1) is 0 Å². The Hall–Kier alpha value is 0.0969. The van der Waals surface area contributed by atoms with Crippen molar-refractivity contribution in [2.75, 3.05) is 7.05 Å². The van der Waals surface area contributed by atoms with E-state index in [-0.39, 0.29) is 11.3 Å². The molecular formula is C12H27NO2Si. The summed E-state index contributed by atoms with van der Waals surface area (Å²) < 4.78 is 6.24. The van der Waals surface area contributed by atoms with Crippen LogP contribution in [0, 0.1) is 0 Å². The lowest BCUT2D eigenvalue weighted by Gasteiger charge is -2.37. The van der Waals surface area contributed by atoms with Gasteiger partial charge in [-0.2, -0.15) is 5.06 Å². The van der Waals surface area contributed by atoms with Crippen molar-refractivity contribution in [3.8, 4) is 0 Å². The van der Waals surface area contributed by atoms with Crippen LogP contribution in [-0.4, -0.2) is 32.8 Å². The molecule has 0 N–H and O–H groups in total. The smallest absolute Gasteiger partial charge is 0.195 e. The van der Waals surface area contributed by atoms with Crippen LogP contribution >= 0.6 is 0 Å². The average molecular weight is 245 g/mol. The Morgan fingerprint density at radius 2 is 1.94 bits per heavy atom. The van der Waals surface area contributed by atoms with E-state index >= 15 is 0 Å². The molecule has 0 aromatic rings. The second kappa shape index (κ2) is 4.76. The van der Waals surface area contributed by atoms with E-state index in [2.05, 4.69) is 40.8 Å². The molecule has 0 spiro atoms. The monoisotopic (exact) mass is 245 g/mol. The molecule has 16 heavy (non-hydrogen) atoms. The van der Waals surface area contributed by atoms with Gasteiger partial charge in [0.1, 0.15) is 0 Å². The van der Waals surface area contributed by atoms with Crippen LogP contribution in [0.1, 0.15) is 40.5 Å². The minimum atomic E-state index is -1.69. The van der Waals surface area contributed by atoms with Gasteiger partial charge in [-0.3, -0.25) is 4.84 Å². The normalized spacial score (nSPS) is 28.7. The molecular weight excluding hydrogens is 218 g/mol. The molecule has 3 nitrogen and oxygen atoms in total. The Morgan fingerprint density at radius 1 is 1.38 bits per heavy atom. The summed E-state index contributed by atoms with van der Waals surface area (Å²) in [6.07, 6.45) is 2.09. The van der Waals surface area contributed by atoms with Crippen LogP contribution in [0.5, 0.6) is 0 Å². The van der Waals surface area contributed by atoms with E-state index in [1.807, 2.05) is 12.1 Å². The van der Waals surface area contributed by atoms with E-state index in [4.69, 9.17) is 9.26 Å². The summed E-state index contributed by atoms with van der Waals surface area (Å²) >= 11 is 0. The largest absolute Gasteiger partial charge is 0.391 e. The number of hydrogen-bond donors (Lipinski definition) is 0. The van der Waals surface area contributed by atoms with E-state index < -0.39 is 8.32 Å². The standard InChI is InChI=1S/C12H27NO2Si/c1-8-10-9-11(14-13(10)5)15-16(6,7)12(2,3)4/h10-11H,8-9H2,1-7H3/t10-,11+/m0/s1. The summed E-state index contributed by atoms with van der Waals surface area (Å²) in [5.74, 6) is 0. The van der Waals surface area contributed by atoms with Gasteiger partial charge in [-0.05, 0) is 24.6 Å². The molecule has 0 saturated carbocycles. The molecule has 1 aliphatic rings. The zero-order valence-corrected chi connectivity index (χ0v) is 12.8. The fraction of sp³-hybridized carbons (Fsp3) is 1.00. The van der Waals surface area contributed by atoms with Crippen LogP contribution in [-0.2, 0) is 9.26 Å². The van der Waals surface area contributed by atoms with Crippen molar-refractivity contribution in [1.82, 2.24) is 5.06 Å². The molecule has 4 heteroatoms. The van der Waals surface area contributed by atoms with Gasteiger partial charge in [-0.1, -0.05) is 27.7 Å². The first-order valence-corrected chi connectivity index (χ1v) is 9.15. The van der Waals surface area contributed by atoms with E-state index in [1.165, 1.54) is 0 Å². The molecule has 0 bridgehead atoms. The van der Waals surface area contributed by atoms with Gasteiger partial charge in [0.2, 0.25) is 0 Å². The lowest BCUT2D eigenvalue weighted by atomic mass is 10.2. The van der Waals surface area contributed by atoms with Crippen molar-refractivity contribution in [1.29, 1.82) is 0 Å². The van der Waals surface area contributed by atoms with Gasteiger partial charge in [-0.15, -0.1) is 0 Å². The minimum Gasteiger partial charge on any atom is -0.391 e. The summed E-state index contributed by atoms with van der Waals surface area (Å²) in [6.45, 7) is 13.5. The Labute approximate surface area is 101 Å². The highest BCUT2D eigenvalue weighted by molar-refractivity contribution is 6.74. The lowest BCUT2D eigenvalue weighted by molar-refractivity contribution is -0.202. The van der Waals surface area contributed by atoms with Crippen LogP contribution < -0.4 is 0 Å². The quantitative estimate of drug-likeness (QED) is 0.712. The Bertz CT molecular complexity index is 238. The molecule has 0 unspecified atom stereocenters. The Morgan fingerprint density at radius 3 is 2.31 bits per heavy atom. The fourth-order valence-electron chi connectivity index (χ4n) is 1.68. The van der Waals surface area contributed by atoms with Gasteiger partial charge >= 0.3 is 0 Å². The molecule has 0 aromatic heterocycles. The summed E-state index contributed by atoms with van der Waals surface area (Å²) in [5, 5.41) is 2.21. The third-order valence-electron chi connectivity index (χ3n) is 3.97. The molecule has 1 fully saturated rings. The van der Waals surface area contributed by atoms with Crippen LogP contribution in [0.3, 0.4) is 0 Å². The highest BCUT2D eigenvalue weighted by Crippen LogP contribution is 2.39. The molecule has 2 atom stereocenters. The van der Waals surface area contributed by atoms with E-state index in [9.17, 15) is 0 Å². The summed E-state index contributed by atoms with van der Waals surface area (Å²) in [5.41, 5.74) is 0. The van der Waals surface area contributed by atoms with Crippen molar-refractivity contribution >= 4 is 8.32 Å². The third kappa shape index (κ3) is 3.06. The third-order valence-corrected chi connectivity index (χ3v) is 8.43. The molecule has 1 aliphatic heterocycles. The van der Waals surface area contributed by atoms with Gasteiger partial charge in [0.15, 0.2) is 14.6 Å². The molecule has 96 valence electrons. The average Bonchev–Trinajstić information content (AvgIpc) is 2.43. The Balaban J connectivity index is 2.57. The number of hydrogen-bond acceptors (Lipinski definition) is 3. The van der Waals surface area contributed by atoms with Crippen LogP contribution in [0.2, 0.25) is 18.1 Å². The van der Waals surface area contributed by atoms with E-state index in [0.29, 0.717) is 6.04 Å². The molecule has 0 aliphatic carbocycles.